The third kappa shape index (κ3) is 3.07. The van der Waals surface area contributed by atoms with Gasteiger partial charge in [0.25, 0.3) is 0 Å². The highest BCUT2D eigenvalue weighted by molar-refractivity contribution is 14.0. The molecule has 3 atom stereocenters. The van der Waals surface area contributed by atoms with Gasteiger partial charge in [-0.1, -0.05) is 13.0 Å². The van der Waals surface area contributed by atoms with Crippen LogP contribution in [0.4, 0.5) is 0 Å². The Bertz CT molecular complexity index is 432. The normalized spacial score (nSPS) is 27.3. The van der Waals surface area contributed by atoms with Crippen LogP contribution >= 0.6 is 35.3 Å². The van der Waals surface area contributed by atoms with Crippen molar-refractivity contribution in [3.8, 4) is 0 Å². The van der Waals surface area contributed by atoms with Crippen molar-refractivity contribution in [2.45, 2.75) is 38.8 Å². The largest absolute Gasteiger partial charge is 0.349 e. The van der Waals surface area contributed by atoms with Crippen LogP contribution in [0, 0.1) is 5.92 Å². The summed E-state index contributed by atoms with van der Waals surface area (Å²) in [6, 6.07) is 5.30. The number of aliphatic imine (C=N–C) groups is 1. The number of halogens is 1. The summed E-state index contributed by atoms with van der Waals surface area (Å²) in [7, 11) is 0. The number of piperidine rings is 1. The van der Waals surface area contributed by atoms with E-state index in [0.717, 1.165) is 25.0 Å². The van der Waals surface area contributed by atoms with Gasteiger partial charge in [-0.15, -0.1) is 35.3 Å². The van der Waals surface area contributed by atoms with Crippen molar-refractivity contribution < 1.29 is 0 Å². The van der Waals surface area contributed by atoms with E-state index in [-0.39, 0.29) is 24.0 Å². The van der Waals surface area contributed by atoms with E-state index < -0.39 is 0 Å². The molecule has 0 saturated carbocycles. The third-order valence-electron chi connectivity index (χ3n) is 4.13. The summed E-state index contributed by atoms with van der Waals surface area (Å²) in [5.74, 6) is 1.89. The summed E-state index contributed by atoms with van der Waals surface area (Å²) in [6.45, 7) is 6.71. The van der Waals surface area contributed by atoms with Crippen molar-refractivity contribution in [1.29, 1.82) is 0 Å². The number of nitrogens with one attached hydrogen (secondary N) is 1. The second-order valence-electron chi connectivity index (χ2n) is 5.43. The second kappa shape index (κ2) is 6.43. The molecule has 0 aliphatic carbocycles. The Morgan fingerprint density at radius 3 is 3.11 bits per heavy atom. The molecular formula is C14H22IN3S. The molecule has 1 fully saturated rings. The Morgan fingerprint density at radius 2 is 2.37 bits per heavy atom. The summed E-state index contributed by atoms with van der Waals surface area (Å²) < 4.78 is 0. The van der Waals surface area contributed by atoms with Crippen LogP contribution in [0.2, 0.25) is 0 Å². The number of thiophene rings is 1. The minimum atomic E-state index is 0. The molecule has 3 heterocycles. The van der Waals surface area contributed by atoms with Gasteiger partial charge in [0.2, 0.25) is 0 Å². The highest BCUT2D eigenvalue weighted by atomic mass is 127. The first-order valence-corrected chi connectivity index (χ1v) is 7.74. The first kappa shape index (κ1) is 15.1. The summed E-state index contributed by atoms with van der Waals surface area (Å²) >= 11 is 1.81. The van der Waals surface area contributed by atoms with Gasteiger partial charge in [-0.2, -0.15) is 0 Å². The fourth-order valence-corrected chi connectivity index (χ4v) is 3.73. The summed E-state index contributed by atoms with van der Waals surface area (Å²) in [5.41, 5.74) is 0. The maximum Gasteiger partial charge on any atom is 0.194 e. The minimum absolute atomic E-state index is 0. The molecule has 2 unspecified atom stereocenters. The van der Waals surface area contributed by atoms with Crippen molar-refractivity contribution in [1.82, 2.24) is 10.2 Å². The van der Waals surface area contributed by atoms with Crippen LogP contribution in [0.3, 0.4) is 0 Å². The van der Waals surface area contributed by atoms with Crippen molar-refractivity contribution in [3.05, 3.63) is 22.4 Å². The molecule has 1 N–H and O–H groups in total. The first-order valence-electron chi connectivity index (χ1n) is 6.86. The zero-order valence-corrected chi connectivity index (χ0v) is 14.7. The number of rotatable bonds is 2. The lowest BCUT2D eigenvalue weighted by molar-refractivity contribution is 0.194. The van der Waals surface area contributed by atoms with Crippen LogP contribution in [0.1, 0.15) is 37.6 Å². The second-order valence-corrected chi connectivity index (χ2v) is 6.41. The van der Waals surface area contributed by atoms with Gasteiger partial charge in [0.05, 0.1) is 18.6 Å². The summed E-state index contributed by atoms with van der Waals surface area (Å²) in [6.07, 6.45) is 2.65. The maximum atomic E-state index is 4.72. The van der Waals surface area contributed by atoms with Crippen LogP contribution in [-0.2, 0) is 0 Å². The van der Waals surface area contributed by atoms with Crippen molar-refractivity contribution in [3.63, 3.8) is 0 Å². The molecule has 5 heteroatoms. The molecule has 3 nitrogen and oxygen atoms in total. The Balaban J connectivity index is 0.00000133. The number of fused-ring (bicyclic) bond motifs is 1. The SMILES string of the molecule is CC1CCCN2C(N[C@@H](C)c3cccs3)=NCC12.I. The zero-order valence-electron chi connectivity index (χ0n) is 11.5. The predicted molar refractivity (Wildman–Crippen MR) is 92.5 cm³/mol. The van der Waals surface area contributed by atoms with E-state index in [1.54, 1.807) is 0 Å². The number of nitrogens with zero attached hydrogens (tertiary/aromatic N) is 2. The Labute approximate surface area is 136 Å². The number of hydrogen-bond acceptors (Lipinski definition) is 4. The quantitative estimate of drug-likeness (QED) is 0.782. The van der Waals surface area contributed by atoms with Crippen molar-refractivity contribution in [2.24, 2.45) is 10.9 Å². The van der Waals surface area contributed by atoms with E-state index in [1.807, 2.05) is 11.3 Å². The zero-order chi connectivity index (χ0) is 12.5. The van der Waals surface area contributed by atoms with Crippen LogP contribution < -0.4 is 5.32 Å². The van der Waals surface area contributed by atoms with Gasteiger partial charge >= 0.3 is 0 Å². The van der Waals surface area contributed by atoms with E-state index in [9.17, 15) is 0 Å². The molecule has 106 valence electrons. The van der Waals surface area contributed by atoms with E-state index in [1.165, 1.54) is 17.7 Å². The van der Waals surface area contributed by atoms with Crippen LogP contribution in [0.15, 0.2) is 22.5 Å². The van der Waals surface area contributed by atoms with Gasteiger partial charge < -0.3 is 10.2 Å². The van der Waals surface area contributed by atoms with Crippen molar-refractivity contribution >= 4 is 41.3 Å². The van der Waals surface area contributed by atoms with Gasteiger partial charge in [0.1, 0.15) is 0 Å². The molecular weight excluding hydrogens is 369 g/mol. The van der Waals surface area contributed by atoms with Gasteiger partial charge in [-0.05, 0) is 37.1 Å². The fourth-order valence-electron chi connectivity index (χ4n) is 2.99. The van der Waals surface area contributed by atoms with Crippen molar-refractivity contribution in [2.75, 3.05) is 13.1 Å². The molecule has 0 aromatic carbocycles. The molecule has 2 aliphatic rings. The first-order chi connectivity index (χ1) is 8.75. The topological polar surface area (TPSA) is 27.6 Å². The molecule has 19 heavy (non-hydrogen) atoms. The summed E-state index contributed by atoms with van der Waals surface area (Å²) in [4.78, 5) is 8.58. The molecule has 1 saturated heterocycles. The molecule has 0 bridgehead atoms. The van der Waals surface area contributed by atoms with Gasteiger partial charge in [-0.3, -0.25) is 4.99 Å². The fraction of sp³-hybridized carbons (Fsp3) is 0.643. The smallest absolute Gasteiger partial charge is 0.194 e. The van der Waals surface area contributed by atoms with Crippen LogP contribution in [0.5, 0.6) is 0 Å². The van der Waals surface area contributed by atoms with E-state index in [2.05, 4.69) is 41.6 Å². The average Bonchev–Trinajstić information content (AvgIpc) is 2.99. The molecule has 1 aromatic rings. The van der Waals surface area contributed by atoms with Gasteiger partial charge in [-0.25, -0.2) is 0 Å². The number of guanidine groups is 1. The average molecular weight is 391 g/mol. The lowest BCUT2D eigenvalue weighted by Gasteiger charge is -2.37. The molecule has 2 aliphatic heterocycles. The monoisotopic (exact) mass is 391 g/mol. The maximum absolute atomic E-state index is 4.72. The Kier molecular flexibility index (Phi) is 5.11. The van der Waals surface area contributed by atoms with Crippen LogP contribution in [0.25, 0.3) is 0 Å². The van der Waals surface area contributed by atoms with E-state index >= 15 is 0 Å². The third-order valence-corrected chi connectivity index (χ3v) is 5.19. The van der Waals surface area contributed by atoms with Gasteiger partial charge in [0.15, 0.2) is 5.96 Å². The Hall–Kier alpha value is -0.300. The molecule has 0 radical (unpaired) electrons. The molecule has 3 rings (SSSR count). The highest BCUT2D eigenvalue weighted by Crippen LogP contribution is 2.28. The minimum Gasteiger partial charge on any atom is -0.349 e. The molecule has 1 aromatic heterocycles. The van der Waals surface area contributed by atoms with Gasteiger partial charge in [0, 0.05) is 11.4 Å². The summed E-state index contributed by atoms with van der Waals surface area (Å²) in [5, 5.41) is 5.72. The number of hydrogen-bond donors (Lipinski definition) is 1. The highest BCUT2D eigenvalue weighted by Gasteiger charge is 2.34. The van der Waals surface area contributed by atoms with E-state index in [4.69, 9.17) is 4.99 Å². The molecule has 0 spiro atoms. The lowest BCUT2D eigenvalue weighted by Crippen LogP contribution is -2.49. The molecule has 0 amide bonds. The van der Waals surface area contributed by atoms with E-state index in [0.29, 0.717) is 12.1 Å². The standard InChI is InChI=1S/C14H21N3S.HI/c1-10-5-3-7-17-12(10)9-15-14(17)16-11(2)13-6-4-8-18-13;/h4,6,8,10-12H,3,5,7,9H2,1-2H3,(H,15,16);1H/t10?,11-,12?;/m0./s1. The Morgan fingerprint density at radius 1 is 1.53 bits per heavy atom. The lowest BCUT2D eigenvalue weighted by atomic mass is 9.92. The predicted octanol–water partition coefficient (Wildman–Crippen LogP) is 3.49. The van der Waals surface area contributed by atoms with Crippen LogP contribution in [-0.4, -0.2) is 30.0 Å².